The topological polar surface area (TPSA) is 66.5 Å². The van der Waals surface area contributed by atoms with E-state index in [1.807, 2.05) is 30.3 Å². The van der Waals surface area contributed by atoms with Gasteiger partial charge in [0.2, 0.25) is 5.91 Å². The zero-order valence-electron chi connectivity index (χ0n) is 13.1. The summed E-state index contributed by atoms with van der Waals surface area (Å²) in [6, 6.07) is 9.31. The number of rotatable bonds is 3. The van der Waals surface area contributed by atoms with E-state index >= 15 is 0 Å². The average Bonchev–Trinajstić information content (AvgIpc) is 3.37. The molecule has 6 atom stereocenters. The average molecular weight is 322 g/mol. The van der Waals surface area contributed by atoms with Gasteiger partial charge >= 0.3 is 0 Å². The number of hydrogen-bond donors (Lipinski definition) is 1. The first kappa shape index (κ1) is 14.0. The highest BCUT2D eigenvalue weighted by Gasteiger charge is 2.67. The number of hydrogen-bond acceptors (Lipinski definition) is 3. The number of imide groups is 1. The van der Waals surface area contributed by atoms with Crippen molar-refractivity contribution >= 4 is 17.7 Å². The van der Waals surface area contributed by atoms with Gasteiger partial charge < -0.3 is 0 Å². The van der Waals surface area contributed by atoms with Crippen LogP contribution in [0.3, 0.4) is 0 Å². The van der Waals surface area contributed by atoms with Crippen molar-refractivity contribution in [1.29, 1.82) is 0 Å². The molecule has 5 heteroatoms. The van der Waals surface area contributed by atoms with Crippen molar-refractivity contribution in [2.24, 2.45) is 35.5 Å². The molecule has 3 fully saturated rings. The molecule has 1 aliphatic heterocycles. The molecule has 2 bridgehead atoms. The number of amides is 3. The van der Waals surface area contributed by atoms with Crippen LogP contribution in [0.25, 0.3) is 0 Å². The van der Waals surface area contributed by atoms with Crippen LogP contribution in [0.5, 0.6) is 0 Å². The Kier molecular flexibility index (Phi) is 2.78. The predicted octanol–water partition coefficient (Wildman–Crippen LogP) is 1.31. The summed E-state index contributed by atoms with van der Waals surface area (Å²) in [7, 11) is 0. The lowest BCUT2D eigenvalue weighted by Gasteiger charge is -2.37. The molecule has 1 aromatic carbocycles. The van der Waals surface area contributed by atoms with Crippen molar-refractivity contribution in [1.82, 2.24) is 10.4 Å². The number of carbonyl (C=O) groups excluding carboxylic acids is 3. The molecule has 5 nitrogen and oxygen atoms in total. The molecule has 122 valence electrons. The van der Waals surface area contributed by atoms with E-state index in [1.165, 1.54) is 0 Å². The van der Waals surface area contributed by atoms with Crippen LogP contribution in [0.2, 0.25) is 0 Å². The van der Waals surface area contributed by atoms with E-state index in [-0.39, 0.29) is 47.8 Å². The first-order valence-electron chi connectivity index (χ1n) is 8.54. The third kappa shape index (κ3) is 1.84. The van der Waals surface area contributed by atoms with Gasteiger partial charge in [-0.3, -0.25) is 19.8 Å². The summed E-state index contributed by atoms with van der Waals surface area (Å²) in [5, 5.41) is 0.998. The molecule has 24 heavy (non-hydrogen) atoms. The number of nitrogens with zero attached hydrogens (tertiary/aromatic N) is 1. The Labute approximate surface area is 139 Å². The summed E-state index contributed by atoms with van der Waals surface area (Å²) < 4.78 is 0. The van der Waals surface area contributed by atoms with Crippen LogP contribution in [-0.2, 0) is 20.8 Å². The highest BCUT2D eigenvalue weighted by molar-refractivity contribution is 6.07. The third-order valence-corrected chi connectivity index (χ3v) is 6.11. The number of benzene rings is 1. The Morgan fingerprint density at radius 2 is 1.58 bits per heavy atom. The van der Waals surface area contributed by atoms with E-state index in [9.17, 15) is 14.4 Å². The lowest BCUT2D eigenvalue weighted by Crippen LogP contribution is -2.47. The minimum Gasteiger partial charge on any atom is -0.273 e. The molecule has 0 unspecified atom stereocenters. The fourth-order valence-corrected chi connectivity index (χ4v) is 5.01. The summed E-state index contributed by atoms with van der Waals surface area (Å²) in [6.45, 7) is 0. The van der Waals surface area contributed by atoms with Crippen LogP contribution in [0.15, 0.2) is 42.5 Å². The van der Waals surface area contributed by atoms with Crippen molar-refractivity contribution in [3.63, 3.8) is 0 Å². The van der Waals surface area contributed by atoms with Crippen molar-refractivity contribution < 1.29 is 14.4 Å². The molecule has 1 heterocycles. The SMILES string of the molecule is O=C(Cc1ccccc1)NN1C(=O)[C@@H]2[C@@H]3C=C[C@H]([C@@H]4C[C@H]34)[C@@H]2C1=O. The standard InChI is InChI=1S/C19H18N2O3/c22-15(8-10-4-2-1-3-5-10)20-21-18(23)16-11-6-7-12(14-9-13(11)14)17(16)19(21)24/h1-7,11-14,16-17H,8-9H2,(H,20,22)/t11-,12-,13-,14+,16-,17+/m1/s1. The molecular weight excluding hydrogens is 304 g/mol. The van der Waals surface area contributed by atoms with Crippen LogP contribution < -0.4 is 5.43 Å². The van der Waals surface area contributed by atoms with Gasteiger partial charge in [0.1, 0.15) is 0 Å². The molecule has 4 aliphatic carbocycles. The van der Waals surface area contributed by atoms with Crippen molar-refractivity contribution in [2.45, 2.75) is 12.8 Å². The fraction of sp³-hybridized carbons (Fsp3) is 0.421. The van der Waals surface area contributed by atoms with Crippen molar-refractivity contribution in [3.8, 4) is 0 Å². The van der Waals surface area contributed by atoms with Crippen LogP contribution in [0.1, 0.15) is 12.0 Å². The first-order chi connectivity index (χ1) is 11.6. The van der Waals surface area contributed by atoms with Crippen molar-refractivity contribution in [3.05, 3.63) is 48.0 Å². The van der Waals surface area contributed by atoms with Crippen molar-refractivity contribution in [2.75, 3.05) is 0 Å². The molecule has 1 saturated heterocycles. The lowest BCUT2D eigenvalue weighted by molar-refractivity contribution is -0.149. The highest BCUT2D eigenvalue weighted by atomic mass is 16.2. The molecule has 1 aromatic rings. The van der Waals surface area contributed by atoms with E-state index < -0.39 is 0 Å². The van der Waals surface area contributed by atoms with Gasteiger partial charge in [0.25, 0.3) is 11.8 Å². The molecule has 0 aromatic heterocycles. The first-order valence-corrected chi connectivity index (χ1v) is 8.54. The zero-order chi connectivity index (χ0) is 16.4. The van der Waals surface area contributed by atoms with E-state index in [0.717, 1.165) is 17.0 Å². The van der Waals surface area contributed by atoms with E-state index in [1.54, 1.807) is 0 Å². The molecule has 0 spiro atoms. The molecule has 0 radical (unpaired) electrons. The van der Waals surface area contributed by atoms with Gasteiger partial charge in [-0.1, -0.05) is 42.5 Å². The molecule has 3 amide bonds. The molecule has 1 N–H and O–H groups in total. The Bertz CT molecular complexity index is 736. The predicted molar refractivity (Wildman–Crippen MR) is 84.8 cm³/mol. The van der Waals surface area contributed by atoms with Gasteiger partial charge in [-0.25, -0.2) is 0 Å². The Morgan fingerprint density at radius 1 is 1.00 bits per heavy atom. The fourth-order valence-electron chi connectivity index (χ4n) is 5.01. The second kappa shape index (κ2) is 4.79. The molecular formula is C19H18N2O3. The number of allylic oxidation sites excluding steroid dienone is 2. The van der Waals surface area contributed by atoms with E-state index in [2.05, 4.69) is 17.6 Å². The Balaban J connectivity index is 1.34. The van der Waals surface area contributed by atoms with Crippen LogP contribution >= 0.6 is 0 Å². The van der Waals surface area contributed by atoms with Crippen LogP contribution in [0.4, 0.5) is 0 Å². The van der Waals surface area contributed by atoms with Gasteiger partial charge in [-0.2, -0.15) is 5.01 Å². The van der Waals surface area contributed by atoms with Gasteiger partial charge in [0.05, 0.1) is 18.3 Å². The zero-order valence-corrected chi connectivity index (χ0v) is 13.1. The van der Waals surface area contributed by atoms with Gasteiger partial charge in [0.15, 0.2) is 0 Å². The number of carbonyl (C=O) groups is 3. The lowest BCUT2D eigenvalue weighted by atomic mass is 9.63. The van der Waals surface area contributed by atoms with Crippen LogP contribution in [0, 0.1) is 35.5 Å². The minimum atomic E-state index is -0.327. The second-order valence-corrected chi connectivity index (χ2v) is 7.36. The molecule has 5 aliphatic rings. The highest BCUT2D eigenvalue weighted by Crippen LogP contribution is 2.65. The number of hydrazine groups is 1. The summed E-state index contributed by atoms with van der Waals surface area (Å²) in [5.41, 5.74) is 3.41. The maximum Gasteiger partial charge on any atom is 0.252 e. The van der Waals surface area contributed by atoms with E-state index in [4.69, 9.17) is 0 Å². The normalized spacial score (nSPS) is 38.1. The van der Waals surface area contributed by atoms with Gasteiger partial charge in [-0.15, -0.1) is 0 Å². The third-order valence-electron chi connectivity index (χ3n) is 6.11. The summed E-state index contributed by atoms with van der Waals surface area (Å²) >= 11 is 0. The molecule has 6 rings (SSSR count). The quantitative estimate of drug-likeness (QED) is 0.674. The maximum atomic E-state index is 12.7. The van der Waals surface area contributed by atoms with Gasteiger partial charge in [0, 0.05) is 0 Å². The summed E-state index contributed by atoms with van der Waals surface area (Å²) in [6.07, 6.45) is 5.54. The number of nitrogens with one attached hydrogen (secondary N) is 1. The van der Waals surface area contributed by atoms with E-state index in [0.29, 0.717) is 11.8 Å². The van der Waals surface area contributed by atoms with Crippen LogP contribution in [-0.4, -0.2) is 22.7 Å². The Morgan fingerprint density at radius 3 is 2.17 bits per heavy atom. The maximum absolute atomic E-state index is 12.7. The summed E-state index contributed by atoms with van der Waals surface area (Å²) in [4.78, 5) is 37.7. The monoisotopic (exact) mass is 322 g/mol. The van der Waals surface area contributed by atoms with Gasteiger partial charge in [-0.05, 0) is 35.7 Å². The minimum absolute atomic E-state index is 0.156. The Hall–Kier alpha value is -2.43. The largest absolute Gasteiger partial charge is 0.273 e. The smallest absolute Gasteiger partial charge is 0.252 e. The summed E-state index contributed by atoms with van der Waals surface area (Å²) in [5.74, 6) is 0.173. The molecule has 2 saturated carbocycles. The second-order valence-electron chi connectivity index (χ2n) is 7.36.